The predicted molar refractivity (Wildman–Crippen MR) is 80.5 cm³/mol. The lowest BCUT2D eigenvalue weighted by Gasteiger charge is -2.10. The monoisotopic (exact) mass is 347 g/mol. The van der Waals surface area contributed by atoms with E-state index in [0.717, 1.165) is 29.2 Å². The molecule has 0 saturated carbocycles. The van der Waals surface area contributed by atoms with Gasteiger partial charge in [0.2, 0.25) is 0 Å². The van der Waals surface area contributed by atoms with E-state index in [-0.39, 0.29) is 4.90 Å². The zero-order valence-electron chi connectivity index (χ0n) is 11.4. The summed E-state index contributed by atoms with van der Waals surface area (Å²) in [5.74, 6) is 0. The molecular weight excluding hydrogens is 335 g/mol. The first-order chi connectivity index (χ1) is 10.2. The van der Waals surface area contributed by atoms with Gasteiger partial charge in [-0.3, -0.25) is 4.72 Å². The summed E-state index contributed by atoms with van der Waals surface area (Å²) >= 11 is 1.51. The third-order valence-electron chi connectivity index (χ3n) is 2.83. The molecule has 0 aliphatic heterocycles. The zero-order valence-corrected chi connectivity index (χ0v) is 13.0. The predicted octanol–water partition coefficient (Wildman–Crippen LogP) is 4.23. The quantitative estimate of drug-likeness (QED) is 0.842. The fraction of sp³-hybridized carbons (Fsp3) is 0.143. The Morgan fingerprint density at radius 3 is 1.95 bits per heavy atom. The Bertz CT molecular complexity index is 739. The lowest BCUT2D eigenvalue weighted by atomic mass is 10.2. The van der Waals surface area contributed by atoms with E-state index in [1.165, 1.54) is 11.8 Å². The van der Waals surface area contributed by atoms with Gasteiger partial charge in [0.25, 0.3) is 10.0 Å². The van der Waals surface area contributed by atoms with Gasteiger partial charge in [-0.05, 0) is 54.8 Å². The molecule has 22 heavy (non-hydrogen) atoms. The van der Waals surface area contributed by atoms with Gasteiger partial charge >= 0.3 is 6.18 Å². The summed E-state index contributed by atoms with van der Waals surface area (Å²) in [5, 5.41) is 0. The summed E-state index contributed by atoms with van der Waals surface area (Å²) in [7, 11) is -3.92. The van der Waals surface area contributed by atoms with Crippen LogP contribution in [0.15, 0.2) is 58.3 Å². The van der Waals surface area contributed by atoms with E-state index in [2.05, 4.69) is 4.72 Å². The highest BCUT2D eigenvalue weighted by Crippen LogP contribution is 2.30. The second-order valence-electron chi connectivity index (χ2n) is 4.36. The molecule has 0 aliphatic carbocycles. The van der Waals surface area contributed by atoms with Crippen LogP contribution in [-0.4, -0.2) is 14.7 Å². The number of anilines is 1. The Kier molecular flexibility index (Phi) is 4.72. The summed E-state index contributed by atoms with van der Waals surface area (Å²) in [4.78, 5) is 0.743. The number of hydrogen-bond donors (Lipinski definition) is 1. The van der Waals surface area contributed by atoms with Gasteiger partial charge in [-0.2, -0.15) is 13.2 Å². The molecule has 0 heterocycles. The van der Waals surface area contributed by atoms with Crippen molar-refractivity contribution in [2.45, 2.75) is 16.0 Å². The van der Waals surface area contributed by atoms with Crippen molar-refractivity contribution < 1.29 is 21.6 Å². The standard InChI is InChI=1S/C14H12F3NO2S2/c1-21-12-6-4-11(5-7-12)18-22(19,20)13-8-2-10(3-9-13)14(15,16)17/h2-9,18H,1H3. The third kappa shape index (κ3) is 3.95. The van der Waals surface area contributed by atoms with E-state index < -0.39 is 21.8 Å². The van der Waals surface area contributed by atoms with Gasteiger partial charge in [0.1, 0.15) is 0 Å². The van der Waals surface area contributed by atoms with Gasteiger partial charge < -0.3 is 0 Å². The highest BCUT2D eigenvalue weighted by atomic mass is 32.2. The smallest absolute Gasteiger partial charge is 0.280 e. The van der Waals surface area contributed by atoms with E-state index in [0.29, 0.717) is 5.69 Å². The van der Waals surface area contributed by atoms with Crippen LogP contribution in [0, 0.1) is 0 Å². The maximum absolute atomic E-state index is 12.5. The number of rotatable bonds is 4. The molecule has 118 valence electrons. The fourth-order valence-corrected chi connectivity index (χ4v) is 3.16. The van der Waals surface area contributed by atoms with Crippen LogP contribution in [0.5, 0.6) is 0 Å². The van der Waals surface area contributed by atoms with E-state index in [9.17, 15) is 21.6 Å². The average Bonchev–Trinajstić information content (AvgIpc) is 2.47. The van der Waals surface area contributed by atoms with Crippen LogP contribution in [-0.2, 0) is 16.2 Å². The van der Waals surface area contributed by atoms with Gasteiger partial charge in [0.05, 0.1) is 10.5 Å². The molecule has 0 aromatic heterocycles. The number of nitrogens with one attached hydrogen (secondary N) is 1. The fourth-order valence-electron chi connectivity index (χ4n) is 1.70. The van der Waals surface area contributed by atoms with Crippen molar-refractivity contribution in [2.24, 2.45) is 0 Å². The molecule has 2 aromatic carbocycles. The SMILES string of the molecule is CSc1ccc(NS(=O)(=O)c2ccc(C(F)(F)F)cc2)cc1. The zero-order chi connectivity index (χ0) is 16.4. The molecule has 8 heteroatoms. The largest absolute Gasteiger partial charge is 0.416 e. The molecule has 0 aliphatic rings. The van der Waals surface area contributed by atoms with Crippen LogP contribution in [0.4, 0.5) is 18.9 Å². The van der Waals surface area contributed by atoms with Gasteiger partial charge in [-0.25, -0.2) is 8.42 Å². The Hall–Kier alpha value is -1.67. The number of alkyl halides is 3. The van der Waals surface area contributed by atoms with Gasteiger partial charge in [-0.15, -0.1) is 11.8 Å². The van der Waals surface area contributed by atoms with Crippen LogP contribution >= 0.6 is 11.8 Å². The first-order valence-electron chi connectivity index (χ1n) is 6.06. The summed E-state index contributed by atoms with van der Waals surface area (Å²) in [6.07, 6.45) is -2.61. The molecule has 0 amide bonds. The van der Waals surface area contributed by atoms with E-state index in [1.54, 1.807) is 24.3 Å². The lowest BCUT2D eigenvalue weighted by molar-refractivity contribution is -0.137. The third-order valence-corrected chi connectivity index (χ3v) is 4.97. The molecule has 0 unspecified atom stereocenters. The van der Waals surface area contributed by atoms with Crippen molar-refractivity contribution in [1.82, 2.24) is 0 Å². The molecule has 0 fully saturated rings. The summed E-state index contributed by atoms with van der Waals surface area (Å²) in [6.45, 7) is 0. The van der Waals surface area contributed by atoms with E-state index in [4.69, 9.17) is 0 Å². The normalized spacial score (nSPS) is 12.2. The highest BCUT2D eigenvalue weighted by Gasteiger charge is 2.30. The van der Waals surface area contributed by atoms with Gasteiger partial charge in [0, 0.05) is 10.6 Å². The van der Waals surface area contributed by atoms with Crippen molar-refractivity contribution in [3.8, 4) is 0 Å². The maximum Gasteiger partial charge on any atom is 0.416 e. The molecule has 0 saturated heterocycles. The Morgan fingerprint density at radius 1 is 0.955 bits per heavy atom. The molecule has 0 bridgehead atoms. The highest BCUT2D eigenvalue weighted by molar-refractivity contribution is 7.98. The number of benzene rings is 2. The number of sulfonamides is 1. The van der Waals surface area contributed by atoms with Crippen molar-refractivity contribution in [1.29, 1.82) is 0 Å². The number of hydrogen-bond acceptors (Lipinski definition) is 3. The van der Waals surface area contributed by atoms with Crippen LogP contribution in [0.25, 0.3) is 0 Å². The minimum Gasteiger partial charge on any atom is -0.280 e. The second-order valence-corrected chi connectivity index (χ2v) is 6.92. The minimum atomic E-state index is -4.50. The average molecular weight is 347 g/mol. The molecular formula is C14H12F3NO2S2. The van der Waals surface area contributed by atoms with Crippen LogP contribution in [0.1, 0.15) is 5.56 Å². The summed E-state index contributed by atoms with van der Waals surface area (Å²) < 4.78 is 64.0. The molecule has 1 N–H and O–H groups in total. The summed E-state index contributed by atoms with van der Waals surface area (Å²) in [6, 6.07) is 10.0. The van der Waals surface area contributed by atoms with Crippen molar-refractivity contribution >= 4 is 27.5 Å². The van der Waals surface area contributed by atoms with E-state index in [1.807, 2.05) is 6.26 Å². The maximum atomic E-state index is 12.5. The molecule has 0 radical (unpaired) electrons. The van der Waals surface area contributed by atoms with Crippen LogP contribution in [0.2, 0.25) is 0 Å². The van der Waals surface area contributed by atoms with Crippen LogP contribution < -0.4 is 4.72 Å². The lowest BCUT2D eigenvalue weighted by Crippen LogP contribution is -2.13. The second kappa shape index (κ2) is 6.21. The Balaban J connectivity index is 2.22. The van der Waals surface area contributed by atoms with Crippen molar-refractivity contribution in [3.05, 3.63) is 54.1 Å². The molecule has 3 nitrogen and oxygen atoms in total. The van der Waals surface area contributed by atoms with Gasteiger partial charge in [0.15, 0.2) is 0 Å². The van der Waals surface area contributed by atoms with Crippen molar-refractivity contribution in [2.75, 3.05) is 11.0 Å². The molecule has 2 aromatic rings. The molecule has 2 rings (SSSR count). The first-order valence-corrected chi connectivity index (χ1v) is 8.77. The van der Waals surface area contributed by atoms with Crippen LogP contribution in [0.3, 0.4) is 0 Å². The first kappa shape index (κ1) is 16.7. The van der Waals surface area contributed by atoms with Crippen molar-refractivity contribution in [3.63, 3.8) is 0 Å². The Morgan fingerprint density at radius 2 is 1.50 bits per heavy atom. The number of halogens is 3. The topological polar surface area (TPSA) is 46.2 Å². The minimum absolute atomic E-state index is 0.227. The number of thioether (sulfide) groups is 1. The van der Waals surface area contributed by atoms with E-state index >= 15 is 0 Å². The van der Waals surface area contributed by atoms with Gasteiger partial charge in [-0.1, -0.05) is 0 Å². The summed E-state index contributed by atoms with van der Waals surface area (Å²) in [5.41, 5.74) is -0.548. The molecule has 0 atom stereocenters. The Labute approximate surface area is 130 Å². The molecule has 0 spiro atoms.